The van der Waals surface area contributed by atoms with Gasteiger partial charge in [-0.15, -0.1) is 0 Å². The van der Waals surface area contributed by atoms with Gasteiger partial charge in [-0.1, -0.05) is 63.9 Å². The Hall–Kier alpha value is -2.19. The molecule has 0 radical (unpaired) electrons. The third kappa shape index (κ3) is 5.49. The van der Waals surface area contributed by atoms with E-state index >= 15 is 0 Å². The minimum Gasteiger partial charge on any atom is -0.368 e. The van der Waals surface area contributed by atoms with E-state index in [1.54, 1.807) is 0 Å². The molecule has 1 aliphatic heterocycles. The van der Waals surface area contributed by atoms with Crippen molar-refractivity contribution in [3.05, 3.63) is 35.9 Å². The maximum Gasteiger partial charge on any atom is 0.234 e. The van der Waals surface area contributed by atoms with Gasteiger partial charge in [0.1, 0.15) is 5.78 Å². The normalized spacial score (nSPS) is 19.9. The first-order valence-electron chi connectivity index (χ1n) is 11.4. The Morgan fingerprint density at radius 3 is 2.53 bits per heavy atom. The number of unbranched alkanes of at least 4 members (excludes halogenated alkanes) is 1. The van der Waals surface area contributed by atoms with Crippen LogP contribution in [0.2, 0.25) is 0 Å². The summed E-state index contributed by atoms with van der Waals surface area (Å²) in [6.07, 6.45) is 6.14. The first kappa shape index (κ1) is 24.1. The van der Waals surface area contributed by atoms with Crippen molar-refractivity contribution in [3.63, 3.8) is 0 Å². The van der Waals surface area contributed by atoms with Gasteiger partial charge >= 0.3 is 0 Å². The maximum atomic E-state index is 13.0. The van der Waals surface area contributed by atoms with Crippen molar-refractivity contribution in [1.82, 2.24) is 4.90 Å². The third-order valence-electron chi connectivity index (χ3n) is 6.68. The zero-order chi connectivity index (χ0) is 22.1. The van der Waals surface area contributed by atoms with E-state index in [1.165, 1.54) is 0 Å². The zero-order valence-corrected chi connectivity index (χ0v) is 18.8. The van der Waals surface area contributed by atoms with E-state index in [2.05, 4.69) is 26.8 Å². The van der Waals surface area contributed by atoms with E-state index < -0.39 is 5.41 Å². The van der Waals surface area contributed by atoms with Gasteiger partial charge in [-0.25, -0.2) is 0 Å². The Morgan fingerprint density at radius 2 is 1.97 bits per heavy atom. The van der Waals surface area contributed by atoms with Crippen LogP contribution in [0.3, 0.4) is 0 Å². The molecule has 2 unspecified atom stereocenters. The highest BCUT2D eigenvalue weighted by Gasteiger charge is 2.37. The quantitative estimate of drug-likeness (QED) is 0.518. The summed E-state index contributed by atoms with van der Waals surface area (Å²) in [4.78, 5) is 26.8. The monoisotopic (exact) mass is 411 g/mol. The molecule has 1 aromatic carbocycles. The fraction of sp³-hybridized carbons (Fsp3) is 0.640. The van der Waals surface area contributed by atoms with Crippen molar-refractivity contribution >= 4 is 11.7 Å². The lowest BCUT2D eigenvalue weighted by atomic mass is 9.69. The standard InChI is InChI=1S/C25H37N3O2/c1-4-11-21(28-17-10-14-22(28)24(27)30)23(29)15-8-9-16-25(18-26,19(2)3)20-12-6-5-7-13-20/h5-7,12-13,19,21-22H,4,8-11,14-17H2,1-3H3,(H2,27,30)/t21?,22-,25?/m1/s1. The number of hydrogen-bond acceptors (Lipinski definition) is 4. The van der Waals surface area contributed by atoms with Crippen molar-refractivity contribution in [3.8, 4) is 6.07 Å². The molecule has 1 heterocycles. The molecule has 1 saturated heterocycles. The van der Waals surface area contributed by atoms with Gasteiger partial charge in [-0.05, 0) is 50.1 Å². The van der Waals surface area contributed by atoms with E-state index in [4.69, 9.17) is 5.73 Å². The Bertz CT molecular complexity index is 741. The van der Waals surface area contributed by atoms with Crippen molar-refractivity contribution < 1.29 is 9.59 Å². The number of likely N-dealkylation sites (tertiary alicyclic amines) is 1. The summed E-state index contributed by atoms with van der Waals surface area (Å²) in [5.41, 5.74) is 6.09. The fourth-order valence-electron chi connectivity index (χ4n) is 4.87. The molecular weight excluding hydrogens is 374 g/mol. The Balaban J connectivity index is 1.99. The van der Waals surface area contributed by atoms with Gasteiger partial charge in [0.25, 0.3) is 0 Å². The number of primary amides is 1. The van der Waals surface area contributed by atoms with Crippen molar-refractivity contribution in [1.29, 1.82) is 5.26 Å². The molecule has 1 fully saturated rings. The highest BCUT2D eigenvalue weighted by atomic mass is 16.1. The van der Waals surface area contributed by atoms with Crippen LogP contribution in [0.1, 0.15) is 77.7 Å². The highest BCUT2D eigenvalue weighted by Crippen LogP contribution is 2.37. The van der Waals surface area contributed by atoms with Crippen LogP contribution in [0.4, 0.5) is 0 Å². The van der Waals surface area contributed by atoms with Gasteiger partial charge in [0.2, 0.25) is 5.91 Å². The molecule has 0 aromatic heterocycles. The second-order valence-corrected chi connectivity index (χ2v) is 8.88. The first-order valence-corrected chi connectivity index (χ1v) is 11.4. The number of carbonyl (C=O) groups is 2. The lowest BCUT2D eigenvalue weighted by Crippen LogP contribution is -2.49. The summed E-state index contributed by atoms with van der Waals surface area (Å²) in [5, 5.41) is 10.0. The Labute approximate surface area is 181 Å². The lowest BCUT2D eigenvalue weighted by Gasteiger charge is -2.32. The number of benzene rings is 1. The summed E-state index contributed by atoms with van der Waals surface area (Å²) < 4.78 is 0. The zero-order valence-electron chi connectivity index (χ0n) is 18.8. The van der Waals surface area contributed by atoms with E-state index in [0.717, 1.165) is 57.1 Å². The molecule has 2 N–H and O–H groups in total. The smallest absolute Gasteiger partial charge is 0.234 e. The number of nitriles is 1. The Morgan fingerprint density at radius 1 is 1.27 bits per heavy atom. The SMILES string of the molecule is CCCC(C(=O)CCCCC(C#N)(c1ccccc1)C(C)C)N1CCC[C@@H]1C(N)=O. The molecule has 0 saturated carbocycles. The predicted molar refractivity (Wildman–Crippen MR) is 120 cm³/mol. The van der Waals surface area contributed by atoms with Crippen molar-refractivity contribution in [2.24, 2.45) is 11.7 Å². The van der Waals surface area contributed by atoms with E-state index in [0.29, 0.717) is 6.42 Å². The summed E-state index contributed by atoms with van der Waals surface area (Å²) >= 11 is 0. The fourth-order valence-corrected chi connectivity index (χ4v) is 4.87. The molecule has 1 amide bonds. The number of nitrogens with zero attached hydrogens (tertiary/aromatic N) is 2. The van der Waals surface area contributed by atoms with E-state index in [1.807, 2.05) is 35.2 Å². The summed E-state index contributed by atoms with van der Waals surface area (Å²) in [6.45, 7) is 7.02. The van der Waals surface area contributed by atoms with Gasteiger partial charge in [0.05, 0.1) is 23.6 Å². The summed E-state index contributed by atoms with van der Waals surface area (Å²) in [5.74, 6) is 0.0752. The number of Topliss-reactive ketones (excluding diaryl/α,β-unsaturated/α-hetero) is 1. The number of rotatable bonds is 12. The lowest BCUT2D eigenvalue weighted by molar-refractivity contribution is -0.128. The molecule has 2 rings (SSSR count). The van der Waals surface area contributed by atoms with Gasteiger partial charge < -0.3 is 5.73 Å². The number of amides is 1. The Kier molecular flexibility index (Phi) is 9.05. The van der Waals surface area contributed by atoms with Crippen LogP contribution < -0.4 is 5.73 Å². The molecule has 3 atom stereocenters. The number of hydrogen-bond donors (Lipinski definition) is 1. The van der Waals surface area contributed by atoms with Crippen molar-refractivity contribution in [2.45, 2.75) is 89.6 Å². The molecule has 5 nitrogen and oxygen atoms in total. The van der Waals surface area contributed by atoms with Crippen LogP contribution in [-0.4, -0.2) is 35.2 Å². The largest absolute Gasteiger partial charge is 0.368 e. The second-order valence-electron chi connectivity index (χ2n) is 8.88. The van der Waals surface area contributed by atoms with Crippen LogP contribution >= 0.6 is 0 Å². The van der Waals surface area contributed by atoms with Crippen LogP contribution in [-0.2, 0) is 15.0 Å². The molecule has 0 spiro atoms. The molecular formula is C25H37N3O2. The molecule has 1 aromatic rings. The van der Waals surface area contributed by atoms with Crippen LogP contribution in [0.25, 0.3) is 0 Å². The average molecular weight is 412 g/mol. The highest BCUT2D eigenvalue weighted by molar-refractivity contribution is 5.86. The molecule has 0 aliphatic carbocycles. The van der Waals surface area contributed by atoms with Gasteiger partial charge in [-0.3, -0.25) is 14.5 Å². The number of ketones is 1. The average Bonchev–Trinajstić information content (AvgIpc) is 3.22. The maximum absolute atomic E-state index is 13.0. The third-order valence-corrected chi connectivity index (χ3v) is 6.68. The van der Waals surface area contributed by atoms with Crippen LogP contribution in [0.15, 0.2) is 30.3 Å². The van der Waals surface area contributed by atoms with Gasteiger partial charge in [-0.2, -0.15) is 5.26 Å². The first-order chi connectivity index (χ1) is 14.4. The molecule has 1 aliphatic rings. The van der Waals surface area contributed by atoms with Crippen LogP contribution in [0.5, 0.6) is 0 Å². The minimum absolute atomic E-state index is 0.189. The summed E-state index contributed by atoms with van der Waals surface area (Å²) in [6, 6.07) is 12.0. The molecule has 30 heavy (non-hydrogen) atoms. The second kappa shape index (κ2) is 11.3. The number of nitrogens with two attached hydrogens (primary N) is 1. The minimum atomic E-state index is -0.529. The molecule has 164 valence electrons. The van der Waals surface area contributed by atoms with E-state index in [-0.39, 0.29) is 29.7 Å². The van der Waals surface area contributed by atoms with Crippen LogP contribution in [0, 0.1) is 17.2 Å². The summed E-state index contributed by atoms with van der Waals surface area (Å²) in [7, 11) is 0. The van der Waals surface area contributed by atoms with Crippen molar-refractivity contribution in [2.75, 3.05) is 6.54 Å². The molecule has 5 heteroatoms. The van der Waals surface area contributed by atoms with E-state index in [9.17, 15) is 14.9 Å². The predicted octanol–water partition coefficient (Wildman–Crippen LogP) is 4.35. The van der Waals surface area contributed by atoms with Gasteiger partial charge in [0, 0.05) is 6.42 Å². The topological polar surface area (TPSA) is 87.2 Å². The molecule has 0 bridgehead atoms. The number of carbonyl (C=O) groups excluding carboxylic acids is 2. The van der Waals surface area contributed by atoms with Gasteiger partial charge in [0.15, 0.2) is 0 Å².